The van der Waals surface area contributed by atoms with Crippen molar-refractivity contribution in [1.82, 2.24) is 5.32 Å². The molecule has 33 heavy (non-hydrogen) atoms. The first-order valence-corrected chi connectivity index (χ1v) is 11.2. The minimum absolute atomic E-state index is 0.300. The molecule has 6 rings (SSSR count). The molecule has 0 aromatic heterocycles. The molecule has 3 nitrogen and oxygen atoms in total. The van der Waals surface area contributed by atoms with Gasteiger partial charge >= 0.3 is 5.97 Å². The molecule has 3 heteroatoms. The van der Waals surface area contributed by atoms with Gasteiger partial charge in [-0.1, -0.05) is 78.9 Å². The third-order valence-corrected chi connectivity index (χ3v) is 6.66. The average molecular weight is 430 g/mol. The van der Waals surface area contributed by atoms with Crippen LogP contribution in [-0.2, 0) is 17.8 Å². The molecule has 1 N–H and O–H groups in total. The smallest absolute Gasteiger partial charge is 0.338 e. The molecule has 160 valence electrons. The molecular weight excluding hydrogens is 406 g/mol. The van der Waals surface area contributed by atoms with E-state index in [-0.39, 0.29) is 5.97 Å². The van der Waals surface area contributed by atoms with E-state index in [1.807, 2.05) is 18.2 Å². The van der Waals surface area contributed by atoms with Gasteiger partial charge in [0, 0.05) is 13.1 Å². The van der Waals surface area contributed by atoms with E-state index in [2.05, 4.69) is 78.1 Å². The van der Waals surface area contributed by atoms with Crippen LogP contribution in [-0.4, -0.2) is 13.1 Å². The molecule has 0 saturated heterocycles. The van der Waals surface area contributed by atoms with Crippen LogP contribution in [0.3, 0.4) is 0 Å². The lowest BCUT2D eigenvalue weighted by atomic mass is 9.83. The molecule has 5 aromatic rings. The maximum atomic E-state index is 12.9. The third-order valence-electron chi connectivity index (χ3n) is 6.66. The number of hydrogen-bond acceptors (Lipinski definition) is 3. The van der Waals surface area contributed by atoms with Crippen molar-refractivity contribution < 1.29 is 9.53 Å². The number of ether oxygens (including phenoxy) is 1. The van der Waals surface area contributed by atoms with Gasteiger partial charge in [-0.05, 0) is 67.1 Å². The summed E-state index contributed by atoms with van der Waals surface area (Å²) in [6.07, 6.45) is 0. The van der Waals surface area contributed by atoms with Crippen LogP contribution >= 0.6 is 0 Å². The Hall–Kier alpha value is -3.95. The van der Waals surface area contributed by atoms with Crippen LogP contribution in [0.5, 0.6) is 0 Å². The monoisotopic (exact) mass is 429 g/mol. The summed E-state index contributed by atoms with van der Waals surface area (Å²) in [4.78, 5) is 12.9. The van der Waals surface area contributed by atoms with E-state index in [1.54, 1.807) is 0 Å². The molecule has 5 aromatic carbocycles. The summed E-state index contributed by atoms with van der Waals surface area (Å²) in [7, 11) is 1.45. The minimum Gasteiger partial charge on any atom is -0.465 e. The number of hydrogen-bond donors (Lipinski definition) is 1. The molecule has 0 atom stereocenters. The first kappa shape index (κ1) is 19.7. The van der Waals surface area contributed by atoms with Gasteiger partial charge in [0.05, 0.1) is 12.7 Å². The number of nitrogens with one attached hydrogen (secondary N) is 1. The number of carbonyl (C=O) groups is 1. The van der Waals surface area contributed by atoms with Crippen molar-refractivity contribution in [1.29, 1.82) is 0 Å². The van der Waals surface area contributed by atoms with Crippen molar-refractivity contribution in [3.8, 4) is 22.3 Å². The zero-order chi connectivity index (χ0) is 22.4. The summed E-state index contributed by atoms with van der Waals surface area (Å²) in [5, 5.41) is 8.19. The van der Waals surface area contributed by atoms with Crippen molar-refractivity contribution in [2.24, 2.45) is 0 Å². The number of rotatable bonds is 2. The van der Waals surface area contributed by atoms with E-state index in [4.69, 9.17) is 4.74 Å². The Kier molecular flexibility index (Phi) is 4.70. The Balaban J connectivity index is 1.82. The average Bonchev–Trinajstić information content (AvgIpc) is 3.08. The van der Waals surface area contributed by atoms with Crippen LogP contribution in [0.15, 0.2) is 91.0 Å². The third kappa shape index (κ3) is 3.12. The normalized spacial score (nSPS) is 12.8. The van der Waals surface area contributed by atoms with E-state index in [0.29, 0.717) is 18.7 Å². The number of benzene rings is 5. The summed E-state index contributed by atoms with van der Waals surface area (Å²) >= 11 is 0. The Morgan fingerprint density at radius 3 is 2.00 bits per heavy atom. The Bertz CT molecular complexity index is 1540. The van der Waals surface area contributed by atoms with Gasteiger partial charge in [-0.25, -0.2) is 4.79 Å². The Labute approximate surface area is 192 Å². The summed E-state index contributed by atoms with van der Waals surface area (Å²) in [5.74, 6) is -0.300. The summed E-state index contributed by atoms with van der Waals surface area (Å²) < 4.78 is 5.19. The topological polar surface area (TPSA) is 38.3 Å². The molecule has 0 saturated carbocycles. The van der Waals surface area contributed by atoms with Gasteiger partial charge < -0.3 is 10.1 Å². The molecule has 0 spiro atoms. The number of esters is 1. The Morgan fingerprint density at radius 2 is 1.30 bits per heavy atom. The van der Waals surface area contributed by atoms with Crippen LogP contribution in [0.2, 0.25) is 0 Å². The lowest BCUT2D eigenvalue weighted by molar-refractivity contribution is 0.0599. The quantitative estimate of drug-likeness (QED) is 0.317. The van der Waals surface area contributed by atoms with Gasteiger partial charge in [0.1, 0.15) is 0 Å². The minimum atomic E-state index is -0.300. The van der Waals surface area contributed by atoms with Gasteiger partial charge in [0.2, 0.25) is 0 Å². The molecule has 1 aliphatic rings. The lowest BCUT2D eigenvalue weighted by Crippen LogP contribution is -2.15. The van der Waals surface area contributed by atoms with Crippen molar-refractivity contribution in [3.63, 3.8) is 0 Å². The molecular formula is C30H23NO2. The highest BCUT2D eigenvalue weighted by Gasteiger charge is 2.26. The van der Waals surface area contributed by atoms with Gasteiger partial charge in [0.15, 0.2) is 0 Å². The number of fused-ring (bicyclic) bond motifs is 7. The number of carbonyl (C=O) groups excluding carboxylic acids is 1. The van der Waals surface area contributed by atoms with Gasteiger partial charge in [0.25, 0.3) is 0 Å². The first-order valence-electron chi connectivity index (χ1n) is 11.2. The van der Waals surface area contributed by atoms with Crippen LogP contribution in [0.4, 0.5) is 0 Å². The summed E-state index contributed by atoms with van der Waals surface area (Å²) in [6.45, 7) is 1.32. The van der Waals surface area contributed by atoms with Crippen molar-refractivity contribution in [3.05, 3.63) is 108 Å². The van der Waals surface area contributed by atoms with Crippen molar-refractivity contribution >= 4 is 27.5 Å². The van der Waals surface area contributed by atoms with Crippen LogP contribution < -0.4 is 5.32 Å². The first-order chi connectivity index (χ1) is 16.3. The van der Waals surface area contributed by atoms with E-state index in [1.165, 1.54) is 40.1 Å². The number of methoxy groups -OCH3 is 1. The van der Waals surface area contributed by atoms with Crippen molar-refractivity contribution in [2.75, 3.05) is 7.11 Å². The molecule has 0 amide bonds. The van der Waals surface area contributed by atoms with Crippen molar-refractivity contribution in [2.45, 2.75) is 13.1 Å². The highest BCUT2D eigenvalue weighted by Crippen LogP contribution is 2.45. The second-order valence-corrected chi connectivity index (χ2v) is 8.46. The maximum Gasteiger partial charge on any atom is 0.338 e. The summed E-state index contributed by atoms with van der Waals surface area (Å²) in [6, 6.07) is 31.7. The molecule has 1 heterocycles. The van der Waals surface area contributed by atoms with E-state index in [9.17, 15) is 4.79 Å². The van der Waals surface area contributed by atoms with E-state index in [0.717, 1.165) is 21.9 Å². The zero-order valence-corrected chi connectivity index (χ0v) is 18.4. The standard InChI is InChI=1S/C30H23NO2/c1-33-30(32)25-16-21-12-6-8-14-23(21)29-27(25)18-31-17-26-24(19-9-3-2-4-10-19)15-20-11-5-7-13-22(20)28(26)29/h2-16,31H,17-18H2,1H3. The van der Waals surface area contributed by atoms with Crippen LogP contribution in [0.25, 0.3) is 43.8 Å². The fourth-order valence-electron chi connectivity index (χ4n) is 5.20. The highest BCUT2D eigenvalue weighted by molar-refractivity contribution is 6.13. The second kappa shape index (κ2) is 7.88. The molecule has 0 bridgehead atoms. The zero-order valence-electron chi connectivity index (χ0n) is 18.4. The Morgan fingerprint density at radius 1 is 0.727 bits per heavy atom. The molecule has 0 fully saturated rings. The van der Waals surface area contributed by atoms with E-state index >= 15 is 0 Å². The second-order valence-electron chi connectivity index (χ2n) is 8.46. The van der Waals surface area contributed by atoms with E-state index < -0.39 is 0 Å². The van der Waals surface area contributed by atoms with Crippen LogP contribution in [0, 0.1) is 0 Å². The predicted molar refractivity (Wildman–Crippen MR) is 134 cm³/mol. The largest absolute Gasteiger partial charge is 0.465 e. The fraction of sp³-hybridized carbons (Fsp3) is 0.100. The highest BCUT2D eigenvalue weighted by atomic mass is 16.5. The SMILES string of the molecule is COC(=O)c1cc2ccccc2c2c1CNCc1c(-c3ccccc3)cc3ccccc3c1-2. The molecule has 1 aliphatic heterocycles. The maximum absolute atomic E-state index is 12.9. The lowest BCUT2D eigenvalue weighted by Gasteiger charge is -2.20. The van der Waals surface area contributed by atoms with Gasteiger partial charge in [-0.3, -0.25) is 0 Å². The predicted octanol–water partition coefficient (Wildman–Crippen LogP) is 6.72. The fourth-order valence-corrected chi connectivity index (χ4v) is 5.20. The van der Waals surface area contributed by atoms with Crippen LogP contribution in [0.1, 0.15) is 21.5 Å². The molecule has 0 unspecified atom stereocenters. The molecule has 0 aliphatic carbocycles. The molecule has 0 radical (unpaired) electrons. The van der Waals surface area contributed by atoms with Gasteiger partial charge in [-0.15, -0.1) is 0 Å². The van der Waals surface area contributed by atoms with Gasteiger partial charge in [-0.2, -0.15) is 0 Å². The summed E-state index contributed by atoms with van der Waals surface area (Å²) in [5.41, 5.74) is 7.62.